The molecule has 0 aliphatic carbocycles. The smallest absolute Gasteiger partial charge is 0.274 e. The number of carbonyl (C=O) groups is 1. The van der Waals surface area contributed by atoms with Crippen LogP contribution in [-0.4, -0.2) is 21.9 Å². The third-order valence-corrected chi connectivity index (χ3v) is 3.65. The molecule has 3 rings (SSSR count). The molecule has 3 aromatic rings. The van der Waals surface area contributed by atoms with E-state index in [9.17, 15) is 4.79 Å². The maximum Gasteiger partial charge on any atom is 0.274 e. The van der Waals surface area contributed by atoms with Crippen LogP contribution in [0.25, 0.3) is 5.65 Å². The van der Waals surface area contributed by atoms with Crippen molar-refractivity contribution >= 4 is 28.8 Å². The first-order valence-electron chi connectivity index (χ1n) is 7.27. The van der Waals surface area contributed by atoms with Crippen LogP contribution < -0.4 is 10.1 Å². The van der Waals surface area contributed by atoms with E-state index in [1.807, 2.05) is 25.1 Å². The normalized spacial score (nSPS) is 10.7. The number of fused-ring (bicyclic) bond motifs is 1. The first kappa shape index (κ1) is 15.4. The van der Waals surface area contributed by atoms with Crippen LogP contribution in [0.5, 0.6) is 5.75 Å². The van der Waals surface area contributed by atoms with Crippen molar-refractivity contribution in [3.05, 3.63) is 59.0 Å². The van der Waals surface area contributed by atoms with Gasteiger partial charge in [-0.3, -0.25) is 9.20 Å². The number of aryl methyl sites for hydroxylation is 1. The van der Waals surface area contributed by atoms with Crippen LogP contribution in [0, 0.1) is 6.92 Å². The summed E-state index contributed by atoms with van der Waals surface area (Å²) < 4.78 is 7.26. The van der Waals surface area contributed by atoms with E-state index in [2.05, 4.69) is 10.3 Å². The van der Waals surface area contributed by atoms with E-state index < -0.39 is 0 Å². The molecule has 23 heavy (non-hydrogen) atoms. The van der Waals surface area contributed by atoms with Crippen LogP contribution in [0.2, 0.25) is 5.02 Å². The van der Waals surface area contributed by atoms with Crippen molar-refractivity contribution in [3.8, 4) is 5.75 Å². The number of ether oxygens (including phenoxy) is 1. The Morgan fingerprint density at radius 3 is 2.91 bits per heavy atom. The molecule has 0 bridgehead atoms. The molecule has 5 nitrogen and oxygen atoms in total. The molecular weight excluding hydrogens is 314 g/mol. The molecule has 0 saturated carbocycles. The Hall–Kier alpha value is -2.53. The standard InChI is InChI=1S/C17H16ClN3O2/c1-3-23-14-7-5-4-6-13(14)20-17(22)16-11(2)19-15-10-12(18)8-9-21(15)16/h4-10H,3H2,1-2H3,(H,20,22). The summed E-state index contributed by atoms with van der Waals surface area (Å²) in [5.41, 5.74) is 2.38. The molecule has 6 heteroatoms. The number of nitrogens with zero attached hydrogens (tertiary/aromatic N) is 2. The number of hydrogen-bond donors (Lipinski definition) is 1. The van der Waals surface area contributed by atoms with Crippen LogP contribution in [-0.2, 0) is 0 Å². The first-order valence-corrected chi connectivity index (χ1v) is 7.65. The van der Waals surface area contributed by atoms with Crippen LogP contribution in [0.1, 0.15) is 23.1 Å². The quantitative estimate of drug-likeness (QED) is 0.788. The molecule has 0 aliphatic rings. The Bertz CT molecular complexity index is 873. The number of anilines is 1. The Balaban J connectivity index is 1.97. The number of benzene rings is 1. The number of carbonyl (C=O) groups excluding carboxylic acids is 1. The minimum atomic E-state index is -0.246. The summed E-state index contributed by atoms with van der Waals surface area (Å²) in [7, 11) is 0. The van der Waals surface area contributed by atoms with Crippen molar-refractivity contribution in [2.75, 3.05) is 11.9 Å². The summed E-state index contributed by atoms with van der Waals surface area (Å²) in [6, 6.07) is 10.8. The Labute approximate surface area is 138 Å². The van der Waals surface area contributed by atoms with Crippen molar-refractivity contribution < 1.29 is 9.53 Å². The maximum atomic E-state index is 12.7. The number of para-hydroxylation sites is 2. The van der Waals surface area contributed by atoms with E-state index >= 15 is 0 Å². The molecule has 0 fully saturated rings. The molecule has 2 heterocycles. The van der Waals surface area contributed by atoms with Crippen molar-refractivity contribution in [3.63, 3.8) is 0 Å². The second kappa shape index (κ2) is 6.30. The zero-order chi connectivity index (χ0) is 16.4. The highest BCUT2D eigenvalue weighted by Gasteiger charge is 2.18. The largest absolute Gasteiger partial charge is 0.492 e. The Morgan fingerprint density at radius 1 is 1.35 bits per heavy atom. The third-order valence-electron chi connectivity index (χ3n) is 3.41. The van der Waals surface area contributed by atoms with Gasteiger partial charge in [0, 0.05) is 17.3 Å². The van der Waals surface area contributed by atoms with E-state index in [0.717, 1.165) is 0 Å². The van der Waals surface area contributed by atoms with Gasteiger partial charge in [0.1, 0.15) is 17.1 Å². The summed E-state index contributed by atoms with van der Waals surface area (Å²) in [6.45, 7) is 4.22. The number of rotatable bonds is 4. The summed E-state index contributed by atoms with van der Waals surface area (Å²) in [5.74, 6) is 0.391. The SMILES string of the molecule is CCOc1ccccc1NC(=O)c1c(C)nc2cc(Cl)ccn12. The lowest BCUT2D eigenvalue weighted by Crippen LogP contribution is -2.16. The number of hydrogen-bond acceptors (Lipinski definition) is 3. The van der Waals surface area contributed by atoms with Gasteiger partial charge < -0.3 is 10.1 Å². The average Bonchev–Trinajstić information content (AvgIpc) is 2.84. The minimum Gasteiger partial charge on any atom is -0.492 e. The molecule has 118 valence electrons. The summed E-state index contributed by atoms with van der Waals surface area (Å²) in [5, 5.41) is 3.47. The molecule has 0 atom stereocenters. The van der Waals surface area contributed by atoms with Gasteiger partial charge in [0.15, 0.2) is 0 Å². The number of halogens is 1. The Morgan fingerprint density at radius 2 is 2.13 bits per heavy atom. The van der Waals surface area contributed by atoms with E-state index in [1.165, 1.54) is 0 Å². The molecule has 0 aliphatic heterocycles. The summed E-state index contributed by atoms with van der Waals surface area (Å²) in [6.07, 6.45) is 1.74. The van der Waals surface area contributed by atoms with E-state index in [1.54, 1.807) is 35.7 Å². The number of aromatic nitrogens is 2. The van der Waals surface area contributed by atoms with Gasteiger partial charge in [-0.2, -0.15) is 0 Å². The molecular formula is C17H16ClN3O2. The van der Waals surface area contributed by atoms with Crippen molar-refractivity contribution in [1.82, 2.24) is 9.38 Å². The lowest BCUT2D eigenvalue weighted by atomic mass is 10.2. The molecule has 2 aromatic heterocycles. The monoisotopic (exact) mass is 329 g/mol. The van der Waals surface area contributed by atoms with E-state index in [0.29, 0.717) is 40.1 Å². The van der Waals surface area contributed by atoms with Gasteiger partial charge in [0.2, 0.25) is 0 Å². The maximum absolute atomic E-state index is 12.7. The second-order valence-corrected chi connectivity index (χ2v) is 5.44. The number of imidazole rings is 1. The molecule has 1 amide bonds. The predicted molar refractivity (Wildman–Crippen MR) is 90.5 cm³/mol. The highest BCUT2D eigenvalue weighted by molar-refractivity contribution is 6.30. The molecule has 0 saturated heterocycles. The molecule has 0 radical (unpaired) electrons. The number of amides is 1. The molecule has 0 unspecified atom stereocenters. The predicted octanol–water partition coefficient (Wildman–Crippen LogP) is 3.95. The van der Waals surface area contributed by atoms with Gasteiger partial charge in [0.25, 0.3) is 5.91 Å². The summed E-state index contributed by atoms with van der Waals surface area (Å²) >= 11 is 5.97. The van der Waals surface area contributed by atoms with Gasteiger partial charge in [-0.1, -0.05) is 23.7 Å². The van der Waals surface area contributed by atoms with E-state index in [4.69, 9.17) is 16.3 Å². The minimum absolute atomic E-state index is 0.246. The number of nitrogens with one attached hydrogen (secondary N) is 1. The van der Waals surface area contributed by atoms with Crippen LogP contribution in [0.4, 0.5) is 5.69 Å². The fourth-order valence-electron chi connectivity index (χ4n) is 2.44. The highest BCUT2D eigenvalue weighted by atomic mass is 35.5. The lowest BCUT2D eigenvalue weighted by molar-refractivity contribution is 0.102. The fraction of sp³-hybridized carbons (Fsp3) is 0.176. The fourth-order valence-corrected chi connectivity index (χ4v) is 2.60. The Kier molecular flexibility index (Phi) is 4.21. The zero-order valence-electron chi connectivity index (χ0n) is 12.8. The van der Waals surface area contributed by atoms with Gasteiger partial charge in [-0.15, -0.1) is 0 Å². The van der Waals surface area contributed by atoms with Crippen LogP contribution in [0.3, 0.4) is 0 Å². The van der Waals surface area contributed by atoms with Crippen molar-refractivity contribution in [2.45, 2.75) is 13.8 Å². The van der Waals surface area contributed by atoms with Gasteiger partial charge >= 0.3 is 0 Å². The molecule has 0 spiro atoms. The lowest BCUT2D eigenvalue weighted by Gasteiger charge is -2.11. The van der Waals surface area contributed by atoms with Crippen molar-refractivity contribution in [1.29, 1.82) is 0 Å². The van der Waals surface area contributed by atoms with Crippen molar-refractivity contribution in [2.24, 2.45) is 0 Å². The second-order valence-electron chi connectivity index (χ2n) is 5.00. The average molecular weight is 330 g/mol. The summed E-state index contributed by atoms with van der Waals surface area (Å²) in [4.78, 5) is 17.1. The first-order chi connectivity index (χ1) is 11.1. The number of pyridine rings is 1. The van der Waals surface area contributed by atoms with Crippen LogP contribution >= 0.6 is 11.6 Å². The topological polar surface area (TPSA) is 55.6 Å². The third kappa shape index (κ3) is 3.00. The molecule has 1 aromatic carbocycles. The van der Waals surface area contributed by atoms with Gasteiger partial charge in [0.05, 0.1) is 18.0 Å². The molecule has 1 N–H and O–H groups in total. The zero-order valence-corrected chi connectivity index (χ0v) is 13.6. The highest BCUT2D eigenvalue weighted by Crippen LogP contribution is 2.25. The van der Waals surface area contributed by atoms with Crippen LogP contribution in [0.15, 0.2) is 42.6 Å². The van der Waals surface area contributed by atoms with E-state index in [-0.39, 0.29) is 5.91 Å². The van der Waals surface area contributed by atoms with Gasteiger partial charge in [-0.05, 0) is 32.0 Å². The van der Waals surface area contributed by atoms with Gasteiger partial charge in [-0.25, -0.2) is 4.98 Å².